The highest BCUT2D eigenvalue weighted by atomic mass is 16.4. The smallest absolute Gasteiger partial charge is 0.278 e. The fraction of sp³-hybridized carbons (Fsp3) is 0.545. The summed E-state index contributed by atoms with van der Waals surface area (Å²) in [7, 11) is 0. The van der Waals surface area contributed by atoms with Crippen molar-refractivity contribution in [1.82, 2.24) is 19.5 Å². The van der Waals surface area contributed by atoms with Crippen molar-refractivity contribution in [3.63, 3.8) is 0 Å². The van der Waals surface area contributed by atoms with Crippen molar-refractivity contribution in [3.05, 3.63) is 23.0 Å². The maximum atomic E-state index is 11.5. The molecule has 8 heteroatoms. The Labute approximate surface area is 107 Å². The predicted molar refractivity (Wildman–Crippen MR) is 64.5 cm³/mol. The van der Waals surface area contributed by atoms with E-state index in [-0.39, 0.29) is 30.0 Å². The van der Waals surface area contributed by atoms with Crippen LogP contribution in [0.1, 0.15) is 18.9 Å². The van der Waals surface area contributed by atoms with Crippen LogP contribution >= 0.6 is 0 Å². The molecule has 1 fully saturated rings. The Balaban J connectivity index is 2.03. The van der Waals surface area contributed by atoms with E-state index in [1.807, 2.05) is 0 Å². The largest absolute Gasteiger partial charge is 0.393 e. The average Bonchev–Trinajstić information content (AvgIpc) is 2.94. The van der Waals surface area contributed by atoms with E-state index in [9.17, 15) is 15.0 Å². The third-order valence-corrected chi connectivity index (χ3v) is 3.74. The molecule has 102 valence electrons. The Morgan fingerprint density at radius 3 is 3.00 bits per heavy atom. The van der Waals surface area contributed by atoms with Crippen LogP contribution in [0, 0.1) is 0 Å². The molecule has 2 aromatic rings. The number of fused-ring (bicyclic) bond motifs is 1. The lowest BCUT2D eigenvalue weighted by Crippen LogP contribution is -2.40. The lowest BCUT2D eigenvalue weighted by atomic mass is 10.0. The second kappa shape index (κ2) is 4.12. The van der Waals surface area contributed by atoms with Crippen molar-refractivity contribution < 1.29 is 15.3 Å². The summed E-state index contributed by atoms with van der Waals surface area (Å²) in [6, 6.07) is -0.258. The maximum absolute atomic E-state index is 11.5. The van der Waals surface area contributed by atoms with E-state index in [4.69, 9.17) is 5.11 Å². The van der Waals surface area contributed by atoms with Gasteiger partial charge in [0.15, 0.2) is 11.2 Å². The quantitative estimate of drug-likeness (QED) is 0.526. The number of nitrogens with zero attached hydrogens (tertiary/aromatic N) is 3. The molecule has 3 unspecified atom stereocenters. The van der Waals surface area contributed by atoms with E-state index < -0.39 is 18.3 Å². The van der Waals surface area contributed by atoms with Gasteiger partial charge in [0.05, 0.1) is 25.4 Å². The van der Waals surface area contributed by atoms with Crippen molar-refractivity contribution in [1.29, 1.82) is 0 Å². The van der Waals surface area contributed by atoms with Crippen LogP contribution in [0.15, 0.2) is 17.4 Å². The van der Waals surface area contributed by atoms with Crippen LogP contribution in [0.25, 0.3) is 11.2 Å². The molecule has 3 rings (SSSR count). The standard InChI is InChI=1S/C11H14N4O4/c16-3-11(19)2-6(1-7(11)17)15-5-14-8-9(15)12-4-13-10(8)18/h4-7,16-17,19H,1-3H2,(H,12,13,18). The Hall–Kier alpha value is -1.77. The summed E-state index contributed by atoms with van der Waals surface area (Å²) >= 11 is 0. The van der Waals surface area contributed by atoms with Crippen LogP contribution < -0.4 is 5.56 Å². The average molecular weight is 266 g/mol. The summed E-state index contributed by atoms with van der Waals surface area (Å²) in [5.41, 5.74) is -1.22. The van der Waals surface area contributed by atoms with E-state index in [1.54, 1.807) is 4.57 Å². The highest BCUT2D eigenvalue weighted by Gasteiger charge is 2.46. The number of imidazole rings is 1. The van der Waals surface area contributed by atoms with E-state index in [0.717, 1.165) is 0 Å². The molecule has 1 saturated carbocycles. The molecule has 3 atom stereocenters. The van der Waals surface area contributed by atoms with Crippen LogP contribution in [0.3, 0.4) is 0 Å². The summed E-state index contributed by atoms with van der Waals surface area (Å²) in [5, 5.41) is 29.0. The lowest BCUT2D eigenvalue weighted by molar-refractivity contribution is -0.0855. The summed E-state index contributed by atoms with van der Waals surface area (Å²) in [6.07, 6.45) is 2.20. The molecule has 0 radical (unpaired) electrons. The van der Waals surface area contributed by atoms with Gasteiger partial charge in [0, 0.05) is 12.5 Å². The van der Waals surface area contributed by atoms with E-state index in [0.29, 0.717) is 5.65 Å². The number of aliphatic hydroxyl groups is 3. The molecular formula is C11H14N4O4. The molecule has 1 aliphatic rings. The van der Waals surface area contributed by atoms with E-state index in [1.165, 1.54) is 12.7 Å². The highest BCUT2D eigenvalue weighted by Crippen LogP contribution is 2.38. The van der Waals surface area contributed by atoms with Crippen LogP contribution in [0.5, 0.6) is 0 Å². The van der Waals surface area contributed by atoms with Crippen LogP contribution in [0.2, 0.25) is 0 Å². The number of aromatic nitrogens is 4. The molecule has 2 aromatic heterocycles. The molecule has 8 nitrogen and oxygen atoms in total. The van der Waals surface area contributed by atoms with Gasteiger partial charge >= 0.3 is 0 Å². The minimum Gasteiger partial charge on any atom is -0.393 e. The monoisotopic (exact) mass is 266 g/mol. The minimum atomic E-state index is -1.51. The molecule has 0 amide bonds. The van der Waals surface area contributed by atoms with Crippen molar-refractivity contribution >= 4 is 11.2 Å². The zero-order valence-corrected chi connectivity index (χ0v) is 10.0. The van der Waals surface area contributed by atoms with Gasteiger partial charge in [0.25, 0.3) is 5.56 Å². The first-order valence-electron chi connectivity index (χ1n) is 5.96. The zero-order valence-electron chi connectivity index (χ0n) is 10.0. The molecule has 0 bridgehead atoms. The van der Waals surface area contributed by atoms with Crippen molar-refractivity contribution in [3.8, 4) is 0 Å². The molecule has 0 saturated heterocycles. The molecule has 19 heavy (non-hydrogen) atoms. The summed E-state index contributed by atoms with van der Waals surface area (Å²) in [6.45, 7) is -0.509. The normalized spacial score (nSPS) is 31.1. The van der Waals surface area contributed by atoms with Gasteiger partial charge in [-0.05, 0) is 6.42 Å². The number of aliphatic hydroxyl groups excluding tert-OH is 2. The fourth-order valence-corrected chi connectivity index (χ4v) is 2.62. The number of nitrogens with one attached hydrogen (secondary N) is 1. The van der Waals surface area contributed by atoms with Gasteiger partial charge in [-0.1, -0.05) is 0 Å². The SMILES string of the molecule is O=c1[nH]cnc2c1ncn2C1CC(O)C(O)(CO)C1. The first-order chi connectivity index (χ1) is 9.05. The van der Waals surface area contributed by atoms with Crippen LogP contribution in [0.4, 0.5) is 0 Å². The topological polar surface area (TPSA) is 124 Å². The fourth-order valence-electron chi connectivity index (χ4n) is 2.62. The molecule has 0 aliphatic heterocycles. The number of aromatic amines is 1. The van der Waals surface area contributed by atoms with Gasteiger partial charge in [-0.2, -0.15) is 0 Å². The third-order valence-electron chi connectivity index (χ3n) is 3.74. The second-order valence-electron chi connectivity index (χ2n) is 4.93. The molecular weight excluding hydrogens is 252 g/mol. The van der Waals surface area contributed by atoms with Crippen molar-refractivity contribution in [2.24, 2.45) is 0 Å². The lowest BCUT2D eigenvalue weighted by Gasteiger charge is -2.23. The van der Waals surface area contributed by atoms with Crippen molar-refractivity contribution in [2.45, 2.75) is 30.6 Å². The van der Waals surface area contributed by atoms with Gasteiger partial charge < -0.3 is 24.9 Å². The zero-order chi connectivity index (χ0) is 13.6. The number of rotatable bonds is 2. The number of H-pyrrole nitrogens is 1. The molecule has 4 N–H and O–H groups in total. The van der Waals surface area contributed by atoms with Gasteiger partial charge in [-0.3, -0.25) is 4.79 Å². The summed E-state index contributed by atoms with van der Waals surface area (Å²) in [5.74, 6) is 0. The minimum absolute atomic E-state index is 0.185. The first-order valence-corrected chi connectivity index (χ1v) is 5.96. The molecule has 0 aromatic carbocycles. The number of hydrogen-bond donors (Lipinski definition) is 4. The Morgan fingerprint density at radius 1 is 1.53 bits per heavy atom. The molecule has 0 spiro atoms. The van der Waals surface area contributed by atoms with Crippen LogP contribution in [-0.4, -0.2) is 53.2 Å². The van der Waals surface area contributed by atoms with Gasteiger partial charge in [0.2, 0.25) is 0 Å². The maximum Gasteiger partial charge on any atom is 0.278 e. The summed E-state index contributed by atoms with van der Waals surface area (Å²) < 4.78 is 1.65. The Morgan fingerprint density at radius 2 is 2.32 bits per heavy atom. The van der Waals surface area contributed by atoms with Crippen molar-refractivity contribution in [2.75, 3.05) is 6.61 Å². The van der Waals surface area contributed by atoms with E-state index in [2.05, 4.69) is 15.0 Å². The number of hydrogen-bond acceptors (Lipinski definition) is 6. The molecule has 1 aliphatic carbocycles. The van der Waals surface area contributed by atoms with Gasteiger partial charge in [0.1, 0.15) is 5.60 Å². The Bertz CT molecular complexity index is 666. The highest BCUT2D eigenvalue weighted by molar-refractivity contribution is 5.68. The molecule has 2 heterocycles. The van der Waals surface area contributed by atoms with Gasteiger partial charge in [-0.25, -0.2) is 9.97 Å². The second-order valence-corrected chi connectivity index (χ2v) is 4.93. The van der Waals surface area contributed by atoms with Crippen LogP contribution in [-0.2, 0) is 0 Å². The third kappa shape index (κ3) is 1.76. The van der Waals surface area contributed by atoms with Gasteiger partial charge in [-0.15, -0.1) is 0 Å². The van der Waals surface area contributed by atoms with E-state index >= 15 is 0 Å². The summed E-state index contributed by atoms with van der Waals surface area (Å²) in [4.78, 5) is 22.0. The first kappa shape index (κ1) is 12.3. The predicted octanol–water partition coefficient (Wildman–Crippen LogP) is -1.46. The Kier molecular flexibility index (Phi) is 2.66.